The molecule has 0 amide bonds. The van der Waals surface area contributed by atoms with Crippen LogP contribution in [0.5, 0.6) is 5.75 Å². The molecule has 3 rings (SSSR count). The van der Waals surface area contributed by atoms with Gasteiger partial charge >= 0.3 is 0 Å². The lowest BCUT2D eigenvalue weighted by Gasteiger charge is -2.11. The molecule has 3 aromatic rings. The molecule has 1 heterocycles. The van der Waals surface area contributed by atoms with Gasteiger partial charge in [-0.2, -0.15) is 0 Å². The maximum Gasteiger partial charge on any atom is 0.169 e. The normalized spacial score (nSPS) is 10.3. The Labute approximate surface area is 157 Å². The molecule has 2 aromatic carbocycles. The second kappa shape index (κ2) is 7.94. The zero-order chi connectivity index (χ0) is 18.5. The minimum absolute atomic E-state index is 0.179. The molecule has 0 radical (unpaired) electrons. The summed E-state index contributed by atoms with van der Waals surface area (Å²) in [6, 6.07) is 10.4. The summed E-state index contributed by atoms with van der Waals surface area (Å²) in [5.74, 6) is 7.64. The molecular weight excluding hydrogens is 348 g/mol. The van der Waals surface area contributed by atoms with Gasteiger partial charge in [-0.15, -0.1) is 0 Å². The Balaban J connectivity index is 2.05. The van der Waals surface area contributed by atoms with Crippen molar-refractivity contribution < 1.29 is 5.11 Å². The number of hydrogen-bond donors (Lipinski definition) is 3. The average Bonchev–Trinajstić information content (AvgIpc) is 2.61. The van der Waals surface area contributed by atoms with Crippen LogP contribution in [0.3, 0.4) is 0 Å². The molecule has 3 N–H and O–H groups in total. The maximum atomic E-state index is 9.53. The average molecular weight is 367 g/mol. The molecule has 26 heavy (non-hydrogen) atoms. The second-order valence-corrected chi connectivity index (χ2v) is 6.01. The number of rotatable bonds is 4. The Morgan fingerprint density at radius 1 is 0.962 bits per heavy atom. The molecule has 0 spiro atoms. The number of nitrogens with zero attached hydrogens (tertiary/aromatic N) is 2. The van der Waals surface area contributed by atoms with Crippen LogP contribution in [0.1, 0.15) is 25.0 Å². The summed E-state index contributed by atoms with van der Waals surface area (Å²) in [6.07, 6.45) is 0. The maximum absolute atomic E-state index is 9.53. The number of anilines is 2. The van der Waals surface area contributed by atoms with Gasteiger partial charge in [-0.05, 0) is 44.2 Å². The van der Waals surface area contributed by atoms with E-state index < -0.39 is 0 Å². The quantitative estimate of drug-likeness (QED) is 0.602. The first-order chi connectivity index (χ1) is 12.6. The second-order valence-electron chi connectivity index (χ2n) is 5.60. The molecule has 0 fully saturated rings. The number of fused-ring (bicyclic) bond motifs is 1. The molecule has 5 nitrogen and oxygen atoms in total. The van der Waals surface area contributed by atoms with E-state index in [-0.39, 0.29) is 5.75 Å². The van der Waals surface area contributed by atoms with E-state index in [1.807, 2.05) is 26.0 Å². The summed E-state index contributed by atoms with van der Waals surface area (Å²) < 4.78 is 0. The van der Waals surface area contributed by atoms with Crippen LogP contribution >= 0.6 is 11.6 Å². The lowest BCUT2D eigenvalue weighted by molar-refractivity contribution is 0.475. The molecule has 6 heteroatoms. The largest absolute Gasteiger partial charge is 0.508 e. The van der Waals surface area contributed by atoms with Crippen LogP contribution in [-0.4, -0.2) is 28.2 Å². The summed E-state index contributed by atoms with van der Waals surface area (Å²) in [5, 5.41) is 16.5. The standard InChI is InChI=1S/C20H19ClN4O/c1-3-22-19-20(23-4-2)25-18-12-16(21)14(11-17(18)24-19)9-8-13-6-5-7-15(26)10-13/h5-7,10-12,26H,3-4H2,1-2H3,(H,22,24)(H,23,25). The Hall–Kier alpha value is -2.97. The number of nitrogens with one attached hydrogen (secondary N) is 2. The number of aromatic hydroxyl groups is 1. The molecule has 1 aromatic heterocycles. The SMILES string of the molecule is CCNc1nc2cc(Cl)c(C#Cc3cccc(O)c3)cc2nc1NCC. The van der Waals surface area contributed by atoms with Gasteiger partial charge in [0.05, 0.1) is 16.1 Å². The van der Waals surface area contributed by atoms with Crippen molar-refractivity contribution in [1.29, 1.82) is 0 Å². The van der Waals surface area contributed by atoms with Gasteiger partial charge < -0.3 is 15.7 Å². The zero-order valence-electron chi connectivity index (χ0n) is 14.6. The highest BCUT2D eigenvalue weighted by Gasteiger charge is 2.10. The van der Waals surface area contributed by atoms with Crippen molar-refractivity contribution in [3.05, 3.63) is 52.5 Å². The number of aromatic nitrogens is 2. The minimum atomic E-state index is 0.179. The highest BCUT2D eigenvalue weighted by Crippen LogP contribution is 2.26. The molecule has 0 bridgehead atoms. The Morgan fingerprint density at radius 2 is 1.62 bits per heavy atom. The van der Waals surface area contributed by atoms with Crippen LogP contribution in [0.4, 0.5) is 11.6 Å². The molecule has 0 aliphatic rings. The molecule has 0 unspecified atom stereocenters. The van der Waals surface area contributed by atoms with Gasteiger partial charge in [0.15, 0.2) is 11.6 Å². The van der Waals surface area contributed by atoms with Gasteiger partial charge in [-0.1, -0.05) is 29.5 Å². The van der Waals surface area contributed by atoms with Crippen LogP contribution in [0.15, 0.2) is 36.4 Å². The van der Waals surface area contributed by atoms with Crippen molar-refractivity contribution in [1.82, 2.24) is 9.97 Å². The van der Waals surface area contributed by atoms with E-state index in [1.165, 1.54) is 0 Å². The van der Waals surface area contributed by atoms with Gasteiger partial charge in [0, 0.05) is 24.2 Å². The third-order valence-electron chi connectivity index (χ3n) is 3.63. The number of halogens is 1. The third kappa shape index (κ3) is 3.98. The van der Waals surface area contributed by atoms with Crippen molar-refractivity contribution in [3.8, 4) is 17.6 Å². The first-order valence-corrected chi connectivity index (χ1v) is 8.78. The van der Waals surface area contributed by atoms with E-state index in [2.05, 4.69) is 32.4 Å². The van der Waals surface area contributed by atoms with Crippen LogP contribution in [0.2, 0.25) is 5.02 Å². The molecule has 0 aliphatic carbocycles. The number of phenolic OH excluding ortho intramolecular Hbond substituents is 1. The predicted octanol–water partition coefficient (Wildman–Crippen LogP) is 4.25. The van der Waals surface area contributed by atoms with E-state index in [0.29, 0.717) is 38.8 Å². The fraction of sp³-hybridized carbons (Fsp3) is 0.200. The topological polar surface area (TPSA) is 70.1 Å². The van der Waals surface area contributed by atoms with Crippen molar-refractivity contribution in [2.24, 2.45) is 0 Å². The van der Waals surface area contributed by atoms with E-state index in [0.717, 1.165) is 13.1 Å². The van der Waals surface area contributed by atoms with E-state index in [9.17, 15) is 5.11 Å². The fourth-order valence-corrected chi connectivity index (χ4v) is 2.68. The van der Waals surface area contributed by atoms with Gasteiger partial charge in [0.2, 0.25) is 0 Å². The summed E-state index contributed by atoms with van der Waals surface area (Å²) in [5.41, 5.74) is 2.79. The predicted molar refractivity (Wildman–Crippen MR) is 107 cm³/mol. The lowest BCUT2D eigenvalue weighted by atomic mass is 10.1. The molecular formula is C20H19ClN4O. The Bertz CT molecular complexity index is 1010. The van der Waals surface area contributed by atoms with Gasteiger partial charge in [-0.25, -0.2) is 9.97 Å². The van der Waals surface area contributed by atoms with E-state index >= 15 is 0 Å². The number of phenols is 1. The molecule has 0 saturated carbocycles. The highest BCUT2D eigenvalue weighted by atomic mass is 35.5. The fourth-order valence-electron chi connectivity index (χ4n) is 2.48. The van der Waals surface area contributed by atoms with E-state index in [1.54, 1.807) is 24.3 Å². The molecule has 0 saturated heterocycles. The highest BCUT2D eigenvalue weighted by molar-refractivity contribution is 6.32. The molecule has 0 atom stereocenters. The monoisotopic (exact) mass is 366 g/mol. The Morgan fingerprint density at radius 3 is 2.23 bits per heavy atom. The Kier molecular flexibility index (Phi) is 5.45. The summed E-state index contributed by atoms with van der Waals surface area (Å²) in [4.78, 5) is 9.27. The van der Waals surface area contributed by atoms with Crippen LogP contribution in [0.25, 0.3) is 11.0 Å². The smallest absolute Gasteiger partial charge is 0.169 e. The lowest BCUT2D eigenvalue weighted by Crippen LogP contribution is -2.08. The zero-order valence-corrected chi connectivity index (χ0v) is 15.4. The van der Waals surface area contributed by atoms with Gasteiger partial charge in [0.25, 0.3) is 0 Å². The van der Waals surface area contributed by atoms with E-state index in [4.69, 9.17) is 11.6 Å². The van der Waals surface area contributed by atoms with Gasteiger partial charge in [-0.3, -0.25) is 0 Å². The number of benzene rings is 2. The summed E-state index contributed by atoms with van der Waals surface area (Å²) >= 11 is 6.38. The summed E-state index contributed by atoms with van der Waals surface area (Å²) in [6.45, 7) is 5.51. The number of hydrogen-bond acceptors (Lipinski definition) is 5. The van der Waals surface area contributed by atoms with Crippen LogP contribution in [0, 0.1) is 11.8 Å². The third-order valence-corrected chi connectivity index (χ3v) is 3.94. The minimum Gasteiger partial charge on any atom is -0.508 e. The summed E-state index contributed by atoms with van der Waals surface area (Å²) in [7, 11) is 0. The first-order valence-electron chi connectivity index (χ1n) is 8.40. The van der Waals surface area contributed by atoms with Crippen LogP contribution in [-0.2, 0) is 0 Å². The van der Waals surface area contributed by atoms with Crippen molar-refractivity contribution >= 4 is 34.3 Å². The van der Waals surface area contributed by atoms with Crippen LogP contribution < -0.4 is 10.6 Å². The van der Waals surface area contributed by atoms with Crippen molar-refractivity contribution in [3.63, 3.8) is 0 Å². The van der Waals surface area contributed by atoms with Crippen molar-refractivity contribution in [2.75, 3.05) is 23.7 Å². The van der Waals surface area contributed by atoms with Gasteiger partial charge in [0.1, 0.15) is 5.75 Å². The molecule has 0 aliphatic heterocycles. The first kappa shape index (κ1) is 17.8. The van der Waals surface area contributed by atoms with Crippen molar-refractivity contribution in [2.45, 2.75) is 13.8 Å². The molecule has 132 valence electrons.